The summed E-state index contributed by atoms with van der Waals surface area (Å²) in [6.45, 7) is 7.94. The lowest BCUT2D eigenvalue weighted by atomic mass is 9.81. The molecule has 0 bridgehead atoms. The van der Waals surface area contributed by atoms with Crippen LogP contribution in [0, 0.1) is 5.92 Å². The standard InChI is InChI=1S/C26H40N2O4/c1-19(30)27(17-21-8-6-5-7-9-21)22-12-10-20(11-13-22)16-23-14-15-24(18-29)28(23)25(31)32-26(2,3)4/h5-9,20,22-24,29H,10-18H2,1-4H3/t20?,22?,23-,24+/m0/s1. The number of carbonyl (C=O) groups excluding carboxylic acids is 2. The van der Waals surface area contributed by atoms with Crippen LogP contribution in [0.2, 0.25) is 0 Å². The number of hydrogen-bond acceptors (Lipinski definition) is 4. The number of nitrogens with zero attached hydrogens (tertiary/aromatic N) is 2. The molecule has 2 atom stereocenters. The molecule has 2 fully saturated rings. The fraction of sp³-hybridized carbons (Fsp3) is 0.692. The number of aliphatic hydroxyl groups excluding tert-OH is 1. The van der Waals surface area contributed by atoms with E-state index < -0.39 is 5.60 Å². The van der Waals surface area contributed by atoms with E-state index in [0.717, 1.165) is 44.9 Å². The van der Waals surface area contributed by atoms with Crippen molar-refractivity contribution in [3.05, 3.63) is 35.9 Å². The molecule has 178 valence electrons. The zero-order valence-corrected chi connectivity index (χ0v) is 20.1. The van der Waals surface area contributed by atoms with Gasteiger partial charge in [0.05, 0.1) is 12.6 Å². The number of ether oxygens (including phenoxy) is 1. The molecule has 1 aliphatic carbocycles. The van der Waals surface area contributed by atoms with Crippen LogP contribution in [0.15, 0.2) is 30.3 Å². The van der Waals surface area contributed by atoms with Gasteiger partial charge in [-0.3, -0.25) is 9.69 Å². The normalized spacial score (nSPS) is 26.1. The zero-order chi connectivity index (χ0) is 23.3. The smallest absolute Gasteiger partial charge is 0.410 e. The Labute approximate surface area is 192 Å². The maximum atomic E-state index is 12.8. The lowest BCUT2D eigenvalue weighted by Crippen LogP contribution is -2.46. The molecule has 1 saturated carbocycles. The van der Waals surface area contributed by atoms with Crippen LogP contribution in [-0.4, -0.2) is 57.2 Å². The van der Waals surface area contributed by atoms with Crippen molar-refractivity contribution in [3.8, 4) is 0 Å². The van der Waals surface area contributed by atoms with E-state index in [1.807, 2.05) is 43.9 Å². The van der Waals surface area contributed by atoms with Gasteiger partial charge in [-0.05, 0) is 77.2 Å². The van der Waals surface area contributed by atoms with Crippen LogP contribution in [0.1, 0.15) is 78.2 Å². The molecule has 32 heavy (non-hydrogen) atoms. The molecule has 0 aromatic heterocycles. The first-order chi connectivity index (χ1) is 15.2. The second-order valence-electron chi connectivity index (χ2n) is 10.5. The maximum absolute atomic E-state index is 12.8. The van der Waals surface area contributed by atoms with Crippen molar-refractivity contribution in [1.29, 1.82) is 0 Å². The first kappa shape index (κ1) is 24.6. The summed E-state index contributed by atoms with van der Waals surface area (Å²) in [4.78, 5) is 29.0. The molecule has 1 aromatic rings. The molecule has 0 radical (unpaired) electrons. The van der Waals surface area contributed by atoms with Crippen LogP contribution in [0.4, 0.5) is 4.79 Å². The Morgan fingerprint density at radius 2 is 1.66 bits per heavy atom. The van der Waals surface area contributed by atoms with E-state index in [1.54, 1.807) is 11.8 Å². The summed E-state index contributed by atoms with van der Waals surface area (Å²) in [5.74, 6) is 0.666. The van der Waals surface area contributed by atoms with Gasteiger partial charge in [0.15, 0.2) is 0 Å². The third-order valence-electron chi connectivity index (χ3n) is 6.90. The van der Waals surface area contributed by atoms with E-state index in [-0.39, 0.29) is 36.7 Å². The first-order valence-corrected chi connectivity index (χ1v) is 12.1. The molecule has 1 aliphatic heterocycles. The zero-order valence-electron chi connectivity index (χ0n) is 20.1. The highest BCUT2D eigenvalue weighted by Gasteiger charge is 2.40. The number of rotatable bonds is 6. The van der Waals surface area contributed by atoms with Crippen molar-refractivity contribution in [1.82, 2.24) is 9.80 Å². The lowest BCUT2D eigenvalue weighted by molar-refractivity contribution is -0.132. The van der Waals surface area contributed by atoms with Crippen LogP contribution in [0.3, 0.4) is 0 Å². The number of benzene rings is 1. The first-order valence-electron chi connectivity index (χ1n) is 12.1. The summed E-state index contributed by atoms with van der Waals surface area (Å²) >= 11 is 0. The average molecular weight is 445 g/mol. The third kappa shape index (κ3) is 6.47. The van der Waals surface area contributed by atoms with Gasteiger partial charge in [0.1, 0.15) is 5.60 Å². The average Bonchev–Trinajstić information content (AvgIpc) is 3.15. The Morgan fingerprint density at radius 1 is 1.03 bits per heavy atom. The van der Waals surface area contributed by atoms with E-state index in [4.69, 9.17) is 4.74 Å². The fourth-order valence-electron chi connectivity index (χ4n) is 5.34. The quantitative estimate of drug-likeness (QED) is 0.688. The molecular formula is C26H40N2O4. The van der Waals surface area contributed by atoms with Crippen LogP contribution in [0.5, 0.6) is 0 Å². The molecule has 0 spiro atoms. The van der Waals surface area contributed by atoms with Crippen molar-refractivity contribution >= 4 is 12.0 Å². The molecular weight excluding hydrogens is 404 g/mol. The van der Waals surface area contributed by atoms with Crippen molar-refractivity contribution in [3.63, 3.8) is 0 Å². The molecule has 6 heteroatoms. The summed E-state index contributed by atoms with van der Waals surface area (Å²) in [5.41, 5.74) is 0.621. The van der Waals surface area contributed by atoms with Gasteiger partial charge in [0.2, 0.25) is 5.91 Å². The predicted molar refractivity (Wildman–Crippen MR) is 125 cm³/mol. The molecule has 1 aromatic carbocycles. The highest BCUT2D eigenvalue weighted by molar-refractivity contribution is 5.73. The summed E-state index contributed by atoms with van der Waals surface area (Å²) < 4.78 is 5.64. The highest BCUT2D eigenvalue weighted by Crippen LogP contribution is 2.36. The second-order valence-corrected chi connectivity index (χ2v) is 10.5. The minimum Gasteiger partial charge on any atom is -0.444 e. The topological polar surface area (TPSA) is 70.1 Å². The summed E-state index contributed by atoms with van der Waals surface area (Å²) in [7, 11) is 0. The number of likely N-dealkylation sites (tertiary alicyclic amines) is 1. The van der Waals surface area contributed by atoms with E-state index in [1.165, 1.54) is 5.56 Å². The molecule has 1 saturated heterocycles. The molecule has 2 amide bonds. The van der Waals surface area contributed by atoms with Crippen LogP contribution >= 0.6 is 0 Å². The molecule has 1 heterocycles. The highest BCUT2D eigenvalue weighted by atomic mass is 16.6. The minimum absolute atomic E-state index is 0.0183. The number of aliphatic hydroxyl groups is 1. The van der Waals surface area contributed by atoms with Crippen molar-refractivity contribution in [2.45, 2.75) is 103 Å². The van der Waals surface area contributed by atoms with E-state index in [2.05, 4.69) is 12.1 Å². The van der Waals surface area contributed by atoms with Crippen LogP contribution in [0.25, 0.3) is 0 Å². The Balaban J connectivity index is 1.57. The molecule has 3 rings (SSSR count). The van der Waals surface area contributed by atoms with Gasteiger partial charge >= 0.3 is 6.09 Å². The molecule has 1 N–H and O–H groups in total. The maximum Gasteiger partial charge on any atom is 0.410 e. The lowest BCUT2D eigenvalue weighted by Gasteiger charge is -2.38. The minimum atomic E-state index is -0.544. The monoisotopic (exact) mass is 444 g/mol. The predicted octanol–water partition coefficient (Wildman–Crippen LogP) is 4.74. The van der Waals surface area contributed by atoms with Gasteiger partial charge in [-0.2, -0.15) is 0 Å². The molecule has 6 nitrogen and oxygen atoms in total. The molecule has 2 aliphatic rings. The van der Waals surface area contributed by atoms with Gasteiger partial charge in [-0.15, -0.1) is 0 Å². The summed E-state index contributed by atoms with van der Waals surface area (Å²) in [6.07, 6.45) is 6.50. The van der Waals surface area contributed by atoms with E-state index >= 15 is 0 Å². The molecule has 0 unspecified atom stereocenters. The summed E-state index contributed by atoms with van der Waals surface area (Å²) in [5, 5.41) is 9.79. The van der Waals surface area contributed by atoms with Crippen molar-refractivity contribution in [2.75, 3.05) is 6.61 Å². The number of carbonyl (C=O) groups is 2. The second kappa shape index (κ2) is 10.7. The number of amides is 2. The Bertz CT molecular complexity index is 753. The summed E-state index contributed by atoms with van der Waals surface area (Å²) in [6, 6.07) is 10.4. The van der Waals surface area contributed by atoms with E-state index in [9.17, 15) is 14.7 Å². The van der Waals surface area contributed by atoms with Gasteiger partial charge in [0, 0.05) is 25.6 Å². The van der Waals surface area contributed by atoms with Crippen molar-refractivity contribution < 1.29 is 19.4 Å². The largest absolute Gasteiger partial charge is 0.444 e. The number of hydrogen-bond donors (Lipinski definition) is 1. The Kier molecular flexibility index (Phi) is 8.21. The van der Waals surface area contributed by atoms with Crippen molar-refractivity contribution in [2.24, 2.45) is 5.92 Å². The fourth-order valence-corrected chi connectivity index (χ4v) is 5.34. The van der Waals surface area contributed by atoms with Crippen LogP contribution < -0.4 is 0 Å². The van der Waals surface area contributed by atoms with Gasteiger partial charge in [-0.1, -0.05) is 30.3 Å². The van der Waals surface area contributed by atoms with Crippen LogP contribution in [-0.2, 0) is 16.1 Å². The third-order valence-corrected chi connectivity index (χ3v) is 6.90. The van der Waals surface area contributed by atoms with Gasteiger partial charge in [0.25, 0.3) is 0 Å². The Morgan fingerprint density at radius 3 is 2.22 bits per heavy atom. The van der Waals surface area contributed by atoms with E-state index in [0.29, 0.717) is 12.5 Å². The van der Waals surface area contributed by atoms with Gasteiger partial charge < -0.3 is 14.7 Å². The van der Waals surface area contributed by atoms with Gasteiger partial charge in [-0.25, -0.2) is 4.79 Å². The Hall–Kier alpha value is -2.08. The SMILES string of the molecule is CC(=O)N(Cc1ccccc1)C1CCC(C[C@@H]2CC[C@H](CO)N2C(=O)OC(C)(C)C)CC1.